The quantitative estimate of drug-likeness (QED) is 0.664. The van der Waals surface area contributed by atoms with Crippen LogP contribution in [-0.2, 0) is 14.4 Å². The van der Waals surface area contributed by atoms with Gasteiger partial charge >= 0.3 is 5.97 Å². The highest BCUT2D eigenvalue weighted by molar-refractivity contribution is 6.02. The molecule has 0 saturated carbocycles. The van der Waals surface area contributed by atoms with E-state index in [0.29, 0.717) is 17.1 Å². The first-order valence-electron chi connectivity index (χ1n) is 7.70. The van der Waals surface area contributed by atoms with Gasteiger partial charge in [0.15, 0.2) is 11.5 Å². The van der Waals surface area contributed by atoms with Crippen LogP contribution in [0, 0.1) is 5.92 Å². The molecule has 3 N–H and O–H groups in total. The Hall–Kier alpha value is -3.03. The van der Waals surface area contributed by atoms with Crippen LogP contribution in [0.3, 0.4) is 0 Å². The van der Waals surface area contributed by atoms with Crippen molar-refractivity contribution in [3.8, 4) is 11.5 Å². The number of fused-ring (bicyclic) bond motifs is 1. The molecule has 1 heterocycles. The minimum absolute atomic E-state index is 0.0572. The van der Waals surface area contributed by atoms with Crippen molar-refractivity contribution in [2.75, 3.05) is 6.79 Å². The molecule has 8 heteroatoms. The fourth-order valence-electron chi connectivity index (χ4n) is 2.25. The standard InChI is InChI=1S/C17H20N2O6/c1-9(2)15(17(22)23)19-16(21)12(18-10(3)20)6-11-4-5-13-14(7-11)25-8-24-13/h4-7,9,15H,8H2,1-3H3,(H,18,20)(H,19,21)(H,22,23)/b12-6+. The van der Waals surface area contributed by atoms with Gasteiger partial charge in [-0.2, -0.15) is 0 Å². The molecule has 1 unspecified atom stereocenters. The lowest BCUT2D eigenvalue weighted by molar-refractivity contribution is -0.142. The molecule has 0 aliphatic carbocycles. The van der Waals surface area contributed by atoms with E-state index < -0.39 is 23.8 Å². The van der Waals surface area contributed by atoms with E-state index in [1.54, 1.807) is 32.0 Å². The molecule has 2 amide bonds. The predicted molar refractivity (Wildman–Crippen MR) is 88.8 cm³/mol. The molecule has 25 heavy (non-hydrogen) atoms. The Bertz CT molecular complexity index is 726. The minimum atomic E-state index is -1.14. The van der Waals surface area contributed by atoms with Gasteiger partial charge in [-0.25, -0.2) is 4.79 Å². The second-order valence-corrected chi connectivity index (χ2v) is 5.89. The van der Waals surface area contributed by atoms with Gasteiger partial charge in [-0.05, 0) is 29.7 Å². The van der Waals surface area contributed by atoms with Crippen LogP contribution in [0.2, 0.25) is 0 Å². The first kappa shape index (κ1) is 18.3. The van der Waals surface area contributed by atoms with Crippen molar-refractivity contribution in [1.29, 1.82) is 0 Å². The van der Waals surface area contributed by atoms with Gasteiger partial charge in [-0.1, -0.05) is 19.9 Å². The van der Waals surface area contributed by atoms with Crippen molar-refractivity contribution >= 4 is 23.9 Å². The maximum absolute atomic E-state index is 12.4. The number of benzene rings is 1. The van der Waals surface area contributed by atoms with E-state index in [9.17, 15) is 19.5 Å². The summed E-state index contributed by atoms with van der Waals surface area (Å²) in [6.45, 7) is 4.74. The summed E-state index contributed by atoms with van der Waals surface area (Å²) in [5.74, 6) is -1.47. The number of carbonyl (C=O) groups excluding carboxylic acids is 2. The Labute approximate surface area is 144 Å². The monoisotopic (exact) mass is 348 g/mol. The third kappa shape index (κ3) is 4.72. The summed E-state index contributed by atoms with van der Waals surface area (Å²) in [5.41, 5.74) is 0.540. The van der Waals surface area contributed by atoms with Crippen molar-refractivity contribution < 1.29 is 29.0 Å². The van der Waals surface area contributed by atoms with Gasteiger partial charge in [0.05, 0.1) is 0 Å². The van der Waals surface area contributed by atoms with Crippen molar-refractivity contribution in [3.63, 3.8) is 0 Å². The molecular formula is C17H20N2O6. The number of hydrogen-bond acceptors (Lipinski definition) is 5. The second-order valence-electron chi connectivity index (χ2n) is 5.89. The lowest BCUT2D eigenvalue weighted by atomic mass is 10.0. The Morgan fingerprint density at radius 2 is 1.88 bits per heavy atom. The largest absolute Gasteiger partial charge is 0.480 e. The van der Waals surface area contributed by atoms with Crippen LogP contribution in [0.25, 0.3) is 6.08 Å². The summed E-state index contributed by atoms with van der Waals surface area (Å²) < 4.78 is 10.5. The van der Waals surface area contributed by atoms with Crippen molar-refractivity contribution in [3.05, 3.63) is 29.5 Å². The molecule has 2 rings (SSSR count). The number of ether oxygens (including phenoxy) is 2. The van der Waals surface area contributed by atoms with Gasteiger partial charge < -0.3 is 25.2 Å². The SMILES string of the molecule is CC(=O)N/C(=C/c1ccc2c(c1)OCO2)C(=O)NC(C(=O)O)C(C)C. The number of carboxylic acids is 1. The van der Waals surface area contributed by atoms with E-state index in [-0.39, 0.29) is 18.4 Å². The van der Waals surface area contributed by atoms with Crippen molar-refractivity contribution in [2.45, 2.75) is 26.8 Å². The molecule has 0 saturated heterocycles. The number of carboxylic acid groups (broad SMARTS) is 1. The molecule has 1 aliphatic rings. The molecule has 0 spiro atoms. The first-order valence-corrected chi connectivity index (χ1v) is 7.70. The predicted octanol–water partition coefficient (Wildman–Crippen LogP) is 1.12. The zero-order chi connectivity index (χ0) is 18.6. The fraction of sp³-hybridized carbons (Fsp3) is 0.353. The lowest BCUT2D eigenvalue weighted by Gasteiger charge is -2.19. The van der Waals surface area contributed by atoms with Crippen LogP contribution in [0.4, 0.5) is 0 Å². The van der Waals surface area contributed by atoms with Gasteiger partial charge in [0.2, 0.25) is 12.7 Å². The second kappa shape index (κ2) is 7.69. The van der Waals surface area contributed by atoms with Gasteiger partial charge in [0.1, 0.15) is 11.7 Å². The average Bonchev–Trinajstić information content (AvgIpc) is 2.98. The van der Waals surface area contributed by atoms with E-state index in [4.69, 9.17) is 9.47 Å². The first-order chi connectivity index (χ1) is 11.8. The summed E-state index contributed by atoms with van der Waals surface area (Å²) in [6, 6.07) is 3.97. The van der Waals surface area contributed by atoms with Crippen LogP contribution >= 0.6 is 0 Å². The minimum Gasteiger partial charge on any atom is -0.480 e. The molecule has 0 bridgehead atoms. The number of carbonyl (C=O) groups is 3. The summed E-state index contributed by atoms with van der Waals surface area (Å²) >= 11 is 0. The van der Waals surface area contributed by atoms with Gasteiger partial charge in [0.25, 0.3) is 5.91 Å². The van der Waals surface area contributed by atoms with Crippen LogP contribution in [-0.4, -0.2) is 35.7 Å². The number of rotatable bonds is 6. The van der Waals surface area contributed by atoms with Gasteiger partial charge in [-0.3, -0.25) is 9.59 Å². The smallest absolute Gasteiger partial charge is 0.326 e. The number of aliphatic carboxylic acids is 1. The Balaban J connectivity index is 2.27. The molecular weight excluding hydrogens is 328 g/mol. The average molecular weight is 348 g/mol. The molecule has 1 aromatic rings. The molecule has 1 aromatic carbocycles. The van der Waals surface area contributed by atoms with E-state index >= 15 is 0 Å². The highest BCUT2D eigenvalue weighted by Gasteiger charge is 2.25. The lowest BCUT2D eigenvalue weighted by Crippen LogP contribution is -2.46. The molecule has 1 atom stereocenters. The van der Waals surface area contributed by atoms with Crippen LogP contribution in [0.15, 0.2) is 23.9 Å². The van der Waals surface area contributed by atoms with Crippen molar-refractivity contribution in [1.82, 2.24) is 10.6 Å². The normalized spacial score (nSPS) is 14.2. The number of nitrogens with one attached hydrogen (secondary N) is 2. The highest BCUT2D eigenvalue weighted by Crippen LogP contribution is 2.33. The topological polar surface area (TPSA) is 114 Å². The zero-order valence-corrected chi connectivity index (χ0v) is 14.2. The third-order valence-electron chi connectivity index (χ3n) is 3.48. The van der Waals surface area contributed by atoms with E-state index in [2.05, 4.69) is 10.6 Å². The molecule has 8 nitrogen and oxygen atoms in total. The van der Waals surface area contributed by atoms with Gasteiger partial charge in [0, 0.05) is 6.92 Å². The summed E-state index contributed by atoms with van der Waals surface area (Å²) in [5, 5.41) is 14.0. The van der Waals surface area contributed by atoms with Crippen LogP contribution < -0.4 is 20.1 Å². The Kier molecular flexibility index (Phi) is 5.63. The van der Waals surface area contributed by atoms with E-state index in [1.165, 1.54) is 13.0 Å². The Morgan fingerprint density at radius 3 is 2.48 bits per heavy atom. The third-order valence-corrected chi connectivity index (χ3v) is 3.48. The molecule has 134 valence electrons. The maximum atomic E-state index is 12.4. The summed E-state index contributed by atoms with van der Waals surface area (Å²) in [7, 11) is 0. The van der Waals surface area contributed by atoms with Crippen LogP contribution in [0.5, 0.6) is 11.5 Å². The molecule has 0 aromatic heterocycles. The van der Waals surface area contributed by atoms with Gasteiger partial charge in [-0.15, -0.1) is 0 Å². The van der Waals surface area contributed by atoms with E-state index in [1.807, 2.05) is 0 Å². The fourth-order valence-corrected chi connectivity index (χ4v) is 2.25. The van der Waals surface area contributed by atoms with Crippen molar-refractivity contribution in [2.24, 2.45) is 5.92 Å². The number of amides is 2. The summed E-state index contributed by atoms with van der Waals surface area (Å²) in [4.78, 5) is 35.1. The molecule has 0 radical (unpaired) electrons. The molecule has 0 fully saturated rings. The van der Waals surface area contributed by atoms with Crippen LogP contribution in [0.1, 0.15) is 26.3 Å². The Morgan fingerprint density at radius 1 is 1.20 bits per heavy atom. The number of hydrogen-bond donors (Lipinski definition) is 3. The zero-order valence-electron chi connectivity index (χ0n) is 14.2. The van der Waals surface area contributed by atoms with E-state index in [0.717, 1.165) is 0 Å². The highest BCUT2D eigenvalue weighted by atomic mass is 16.7. The maximum Gasteiger partial charge on any atom is 0.326 e. The summed E-state index contributed by atoms with van der Waals surface area (Å²) in [6.07, 6.45) is 1.44. The molecule has 1 aliphatic heterocycles.